The number of halogens is 1. The van der Waals surface area contributed by atoms with Crippen molar-refractivity contribution in [2.75, 3.05) is 18.0 Å². The van der Waals surface area contributed by atoms with Crippen molar-refractivity contribution < 1.29 is 13.2 Å². The molecule has 0 N–H and O–H groups in total. The zero-order valence-electron chi connectivity index (χ0n) is 15.8. The summed E-state index contributed by atoms with van der Waals surface area (Å²) in [6.45, 7) is 3.13. The Bertz CT molecular complexity index is 1020. The third kappa shape index (κ3) is 3.45. The maximum Gasteiger partial charge on any atom is 0.258 e. The Kier molecular flexibility index (Phi) is 5.21. The Morgan fingerprint density at radius 2 is 1.82 bits per heavy atom. The van der Waals surface area contributed by atoms with Gasteiger partial charge in [-0.2, -0.15) is 4.31 Å². The molecule has 4 rings (SSSR count). The quantitative estimate of drug-likeness (QED) is 0.753. The van der Waals surface area contributed by atoms with Crippen LogP contribution in [0.15, 0.2) is 47.4 Å². The first-order valence-corrected chi connectivity index (χ1v) is 11.4. The van der Waals surface area contributed by atoms with Crippen LogP contribution in [0, 0.1) is 0 Å². The second-order valence-corrected chi connectivity index (χ2v) is 9.87. The van der Waals surface area contributed by atoms with Crippen LogP contribution in [0.5, 0.6) is 0 Å². The van der Waals surface area contributed by atoms with E-state index < -0.39 is 10.0 Å². The van der Waals surface area contributed by atoms with E-state index in [4.69, 9.17) is 11.6 Å². The predicted molar refractivity (Wildman–Crippen MR) is 110 cm³/mol. The number of anilines is 1. The largest absolute Gasteiger partial charge is 0.305 e. The lowest BCUT2D eigenvalue weighted by molar-refractivity contribution is 0.0981. The Hall–Kier alpha value is -1.89. The molecular formula is C21H23ClN2O3S. The topological polar surface area (TPSA) is 57.7 Å². The van der Waals surface area contributed by atoms with Gasteiger partial charge in [0.25, 0.3) is 5.91 Å². The number of amides is 1. The lowest BCUT2D eigenvalue weighted by Crippen LogP contribution is -2.36. The first kappa shape index (κ1) is 19.4. The van der Waals surface area contributed by atoms with E-state index >= 15 is 0 Å². The van der Waals surface area contributed by atoms with Crippen LogP contribution in [0.25, 0.3) is 0 Å². The number of benzene rings is 2. The molecule has 1 fully saturated rings. The maximum absolute atomic E-state index is 13.0. The van der Waals surface area contributed by atoms with Gasteiger partial charge in [0.2, 0.25) is 10.0 Å². The first-order chi connectivity index (χ1) is 13.4. The number of hydrogen-bond acceptors (Lipinski definition) is 3. The summed E-state index contributed by atoms with van der Waals surface area (Å²) in [5.74, 6) is -0.125. The van der Waals surface area contributed by atoms with Crippen molar-refractivity contribution in [3.05, 3.63) is 58.6 Å². The predicted octanol–water partition coefficient (Wildman–Crippen LogP) is 4.11. The molecule has 2 aromatic carbocycles. The highest BCUT2D eigenvalue weighted by Gasteiger charge is 2.34. The number of rotatable bonds is 3. The maximum atomic E-state index is 13.0. The van der Waals surface area contributed by atoms with Gasteiger partial charge in [-0.25, -0.2) is 8.42 Å². The molecule has 2 aliphatic rings. The van der Waals surface area contributed by atoms with E-state index in [1.165, 1.54) is 0 Å². The first-order valence-electron chi connectivity index (χ1n) is 9.60. The zero-order chi connectivity index (χ0) is 19.9. The number of fused-ring (bicyclic) bond motifs is 1. The van der Waals surface area contributed by atoms with Gasteiger partial charge in [-0.05, 0) is 68.1 Å². The molecular weight excluding hydrogens is 396 g/mol. The van der Waals surface area contributed by atoms with E-state index in [0.717, 1.165) is 30.5 Å². The Morgan fingerprint density at radius 3 is 2.54 bits per heavy atom. The van der Waals surface area contributed by atoms with Crippen molar-refractivity contribution in [1.29, 1.82) is 0 Å². The Balaban J connectivity index is 1.66. The molecule has 0 aliphatic carbocycles. The fraction of sp³-hybridized carbons (Fsp3) is 0.381. The molecule has 1 amide bonds. The average Bonchev–Trinajstić information content (AvgIpc) is 3.03. The van der Waals surface area contributed by atoms with Crippen LogP contribution in [-0.4, -0.2) is 37.8 Å². The van der Waals surface area contributed by atoms with Crippen molar-refractivity contribution in [2.24, 2.45) is 0 Å². The minimum atomic E-state index is -3.48. The highest BCUT2D eigenvalue weighted by atomic mass is 35.5. The zero-order valence-corrected chi connectivity index (χ0v) is 17.3. The van der Waals surface area contributed by atoms with Crippen molar-refractivity contribution in [2.45, 2.75) is 43.5 Å². The molecule has 0 spiro atoms. The number of sulfonamides is 1. The SMILES string of the molecule is CC1Cc2cc(S(=O)(=O)N3CCCCC3)ccc2N1C(=O)c1cccc(Cl)c1. The lowest BCUT2D eigenvalue weighted by Gasteiger charge is -2.26. The van der Waals surface area contributed by atoms with Crippen LogP contribution in [0.3, 0.4) is 0 Å². The minimum absolute atomic E-state index is 0.0468. The standard InChI is InChI=1S/C21H23ClN2O3S/c1-15-12-17-14-19(28(26,27)23-10-3-2-4-11-23)8-9-20(17)24(15)21(25)16-6-5-7-18(22)13-16/h5-9,13-15H,2-4,10-12H2,1H3. The van der Waals surface area contributed by atoms with E-state index in [9.17, 15) is 13.2 Å². The van der Waals surface area contributed by atoms with Crippen LogP contribution in [0.2, 0.25) is 5.02 Å². The molecule has 2 heterocycles. The van der Waals surface area contributed by atoms with Gasteiger partial charge in [0.05, 0.1) is 4.90 Å². The van der Waals surface area contributed by atoms with Gasteiger partial charge in [0.15, 0.2) is 0 Å². The molecule has 0 bridgehead atoms. The van der Waals surface area contributed by atoms with Gasteiger partial charge in [0, 0.05) is 35.4 Å². The van der Waals surface area contributed by atoms with Crippen LogP contribution in [-0.2, 0) is 16.4 Å². The smallest absolute Gasteiger partial charge is 0.258 e. The van der Waals surface area contributed by atoms with Crippen LogP contribution >= 0.6 is 11.6 Å². The molecule has 1 unspecified atom stereocenters. The molecule has 5 nitrogen and oxygen atoms in total. The second-order valence-electron chi connectivity index (χ2n) is 7.49. The fourth-order valence-electron chi connectivity index (χ4n) is 4.09. The summed E-state index contributed by atoms with van der Waals surface area (Å²) in [6, 6.07) is 12.0. The number of carbonyl (C=O) groups is 1. The van der Waals surface area contributed by atoms with Gasteiger partial charge in [0.1, 0.15) is 0 Å². The number of carbonyl (C=O) groups excluding carboxylic acids is 1. The van der Waals surface area contributed by atoms with Gasteiger partial charge in [-0.1, -0.05) is 24.1 Å². The van der Waals surface area contributed by atoms with Crippen LogP contribution in [0.4, 0.5) is 5.69 Å². The van der Waals surface area contributed by atoms with Crippen molar-refractivity contribution in [3.63, 3.8) is 0 Å². The molecule has 2 aromatic rings. The molecule has 0 aromatic heterocycles. The molecule has 1 atom stereocenters. The third-order valence-electron chi connectivity index (χ3n) is 5.51. The summed E-state index contributed by atoms with van der Waals surface area (Å²) in [5, 5.41) is 0.515. The highest BCUT2D eigenvalue weighted by Crippen LogP contribution is 2.36. The highest BCUT2D eigenvalue weighted by molar-refractivity contribution is 7.89. The van der Waals surface area contributed by atoms with Crippen molar-refractivity contribution >= 4 is 33.2 Å². The number of hydrogen-bond donors (Lipinski definition) is 0. The molecule has 2 aliphatic heterocycles. The summed E-state index contributed by atoms with van der Waals surface area (Å²) in [4.78, 5) is 15.1. The van der Waals surface area contributed by atoms with Crippen LogP contribution in [0.1, 0.15) is 42.1 Å². The Morgan fingerprint density at radius 1 is 1.07 bits per heavy atom. The molecule has 7 heteroatoms. The van der Waals surface area contributed by atoms with Crippen molar-refractivity contribution in [1.82, 2.24) is 4.31 Å². The van der Waals surface area contributed by atoms with E-state index in [-0.39, 0.29) is 11.9 Å². The van der Waals surface area contributed by atoms with E-state index in [0.29, 0.717) is 35.0 Å². The summed E-state index contributed by atoms with van der Waals surface area (Å²) in [5.41, 5.74) is 2.19. The molecule has 28 heavy (non-hydrogen) atoms. The number of piperidine rings is 1. The van der Waals surface area contributed by atoms with Crippen LogP contribution < -0.4 is 4.90 Å². The van der Waals surface area contributed by atoms with Gasteiger partial charge in [-0.15, -0.1) is 0 Å². The van der Waals surface area contributed by atoms with Gasteiger partial charge < -0.3 is 4.90 Å². The minimum Gasteiger partial charge on any atom is -0.305 e. The Labute approximate surface area is 171 Å². The molecule has 0 saturated carbocycles. The summed E-state index contributed by atoms with van der Waals surface area (Å²) < 4.78 is 27.5. The fourth-order valence-corrected chi connectivity index (χ4v) is 5.85. The summed E-state index contributed by atoms with van der Waals surface area (Å²) in [6.07, 6.45) is 3.52. The second kappa shape index (κ2) is 7.50. The summed E-state index contributed by atoms with van der Waals surface area (Å²) in [7, 11) is -3.48. The monoisotopic (exact) mass is 418 g/mol. The summed E-state index contributed by atoms with van der Waals surface area (Å²) >= 11 is 6.03. The molecule has 148 valence electrons. The molecule has 0 radical (unpaired) electrons. The average molecular weight is 419 g/mol. The molecule has 1 saturated heterocycles. The van der Waals surface area contributed by atoms with E-state index in [1.807, 2.05) is 6.92 Å². The van der Waals surface area contributed by atoms with Crippen molar-refractivity contribution in [3.8, 4) is 0 Å². The third-order valence-corrected chi connectivity index (χ3v) is 7.64. The normalized spacial score (nSPS) is 20.2. The van der Waals surface area contributed by atoms with E-state index in [2.05, 4.69) is 0 Å². The van der Waals surface area contributed by atoms with Gasteiger partial charge >= 0.3 is 0 Å². The number of nitrogens with zero attached hydrogens (tertiary/aromatic N) is 2. The lowest BCUT2D eigenvalue weighted by atomic mass is 10.1. The van der Waals surface area contributed by atoms with Gasteiger partial charge in [-0.3, -0.25) is 4.79 Å². The van der Waals surface area contributed by atoms with E-state index in [1.54, 1.807) is 51.7 Å².